The Labute approximate surface area is 155 Å². The van der Waals surface area contributed by atoms with Gasteiger partial charge in [0.2, 0.25) is 11.2 Å². The monoisotopic (exact) mass is 372 g/mol. The van der Waals surface area contributed by atoms with Crippen LogP contribution >= 0.6 is 11.5 Å². The Kier molecular flexibility index (Phi) is 5.67. The molecule has 0 unspecified atom stereocenters. The summed E-state index contributed by atoms with van der Waals surface area (Å²) in [6.07, 6.45) is 1.53. The Balaban J connectivity index is 1.76. The van der Waals surface area contributed by atoms with Crippen molar-refractivity contribution < 1.29 is 9.59 Å². The van der Waals surface area contributed by atoms with Crippen LogP contribution < -0.4 is 0 Å². The first-order chi connectivity index (χ1) is 12.7. The van der Waals surface area contributed by atoms with Gasteiger partial charge in [0, 0.05) is 30.2 Å². The molecule has 1 aromatic carbocycles. The minimum Gasteiger partial charge on any atom is -0.270 e. The average molecular weight is 372 g/mol. The summed E-state index contributed by atoms with van der Waals surface area (Å²) in [5, 5.41) is 11.3. The third-order valence-electron chi connectivity index (χ3n) is 3.84. The van der Waals surface area contributed by atoms with Crippen LogP contribution in [0.4, 0.5) is 5.13 Å². The number of benzene rings is 1. The molecule has 0 aliphatic carbocycles. The van der Waals surface area contributed by atoms with Crippen molar-refractivity contribution in [1.82, 2.24) is 19.4 Å². The van der Waals surface area contributed by atoms with Crippen LogP contribution in [0.2, 0.25) is 0 Å². The molecule has 1 aromatic heterocycles. The van der Waals surface area contributed by atoms with E-state index >= 15 is 0 Å². The fourth-order valence-corrected chi connectivity index (χ4v) is 3.20. The predicted molar refractivity (Wildman–Crippen MR) is 97.7 cm³/mol. The van der Waals surface area contributed by atoms with E-state index in [1.165, 1.54) is 10.0 Å². The molecule has 2 amide bonds. The van der Waals surface area contributed by atoms with Crippen LogP contribution in [0.5, 0.6) is 0 Å². The van der Waals surface area contributed by atoms with E-state index in [1.54, 1.807) is 0 Å². The van der Waals surface area contributed by atoms with E-state index in [-0.39, 0.29) is 11.8 Å². The molecule has 1 aliphatic rings. The molecule has 1 saturated heterocycles. The molecule has 0 atom stereocenters. The van der Waals surface area contributed by atoms with Crippen LogP contribution in [-0.4, -0.2) is 50.3 Å². The second-order valence-electron chi connectivity index (χ2n) is 5.81. The Bertz CT molecular complexity index is 783. The van der Waals surface area contributed by atoms with E-state index in [1.807, 2.05) is 44.2 Å². The van der Waals surface area contributed by atoms with Crippen molar-refractivity contribution >= 4 is 28.5 Å². The summed E-state index contributed by atoms with van der Waals surface area (Å²) in [7, 11) is 0. The van der Waals surface area contributed by atoms with Gasteiger partial charge in [-0.2, -0.15) is 14.5 Å². The number of rotatable bonds is 7. The minimum absolute atomic E-state index is 0.320. The molecule has 2 heterocycles. The van der Waals surface area contributed by atoms with Gasteiger partial charge in [0.25, 0.3) is 11.8 Å². The zero-order chi connectivity index (χ0) is 18.5. The molecule has 0 radical (unpaired) electrons. The first-order valence-electron chi connectivity index (χ1n) is 8.58. The zero-order valence-corrected chi connectivity index (χ0v) is 15.5. The van der Waals surface area contributed by atoms with Gasteiger partial charge >= 0.3 is 0 Å². The number of hydrogen-bond acceptors (Lipinski definition) is 7. The van der Waals surface area contributed by atoms with Crippen LogP contribution in [0.3, 0.4) is 0 Å². The molecule has 2 aromatic rings. The van der Waals surface area contributed by atoms with Gasteiger partial charge in [-0.05, 0) is 12.8 Å². The molecule has 1 aliphatic heterocycles. The highest BCUT2D eigenvalue weighted by molar-refractivity contribution is 7.09. The number of hydrazine groups is 1. The van der Waals surface area contributed by atoms with Crippen molar-refractivity contribution in [1.29, 1.82) is 0 Å². The highest BCUT2D eigenvalue weighted by Crippen LogP contribution is 2.25. The summed E-state index contributed by atoms with van der Waals surface area (Å²) in [6, 6.07) is 8.39. The molecule has 8 nitrogen and oxygen atoms in total. The molecule has 0 N–H and O–H groups in total. The maximum atomic E-state index is 12.5. The van der Waals surface area contributed by atoms with E-state index in [0.29, 0.717) is 24.0 Å². The van der Waals surface area contributed by atoms with Crippen molar-refractivity contribution in [2.24, 2.45) is 10.2 Å². The van der Waals surface area contributed by atoms with Gasteiger partial charge in [0.15, 0.2) is 5.82 Å². The summed E-state index contributed by atoms with van der Waals surface area (Å²) in [5.74, 6) is -0.113. The summed E-state index contributed by atoms with van der Waals surface area (Å²) in [4.78, 5) is 29.3. The number of hydrogen-bond donors (Lipinski definition) is 0. The number of azo groups is 1. The zero-order valence-electron chi connectivity index (χ0n) is 14.7. The van der Waals surface area contributed by atoms with Crippen LogP contribution in [0, 0.1) is 0 Å². The second-order valence-corrected chi connectivity index (χ2v) is 6.54. The SMILES string of the molecule is CCCN1C(=O)C(N=Nc2nc(-c3ccccc3)ns2)C(=O)N1CCC. The van der Waals surface area contributed by atoms with Crippen molar-refractivity contribution in [2.45, 2.75) is 32.7 Å². The van der Waals surface area contributed by atoms with E-state index < -0.39 is 6.04 Å². The quantitative estimate of drug-likeness (QED) is 0.552. The highest BCUT2D eigenvalue weighted by Gasteiger charge is 2.45. The Hall–Kier alpha value is -2.68. The summed E-state index contributed by atoms with van der Waals surface area (Å²) < 4.78 is 4.24. The van der Waals surface area contributed by atoms with Gasteiger partial charge in [-0.15, -0.1) is 5.11 Å². The number of aromatic nitrogens is 2. The predicted octanol–water partition coefficient (Wildman–Crippen LogP) is 3.06. The van der Waals surface area contributed by atoms with Gasteiger partial charge in [-0.25, -0.2) is 10.0 Å². The van der Waals surface area contributed by atoms with Gasteiger partial charge in [-0.3, -0.25) is 9.59 Å². The van der Waals surface area contributed by atoms with Gasteiger partial charge in [-0.1, -0.05) is 44.2 Å². The molecule has 0 spiro atoms. The normalized spacial score (nSPS) is 15.6. The lowest BCUT2D eigenvalue weighted by Gasteiger charge is -2.26. The lowest BCUT2D eigenvalue weighted by molar-refractivity contribution is -0.146. The smallest absolute Gasteiger partial charge is 0.270 e. The molecule has 0 bridgehead atoms. The van der Waals surface area contributed by atoms with Gasteiger partial charge in [0.1, 0.15) is 0 Å². The third kappa shape index (κ3) is 3.62. The van der Waals surface area contributed by atoms with Crippen LogP contribution in [0.25, 0.3) is 11.4 Å². The largest absolute Gasteiger partial charge is 0.277 e. The van der Waals surface area contributed by atoms with Crippen molar-refractivity contribution in [3.8, 4) is 11.4 Å². The van der Waals surface area contributed by atoms with E-state index in [9.17, 15) is 9.59 Å². The molecule has 9 heteroatoms. The number of amides is 2. The Morgan fingerprint density at radius 1 is 1.04 bits per heavy atom. The van der Waals surface area contributed by atoms with E-state index in [0.717, 1.165) is 29.9 Å². The molecule has 3 rings (SSSR count). The van der Waals surface area contributed by atoms with Gasteiger partial charge < -0.3 is 0 Å². The van der Waals surface area contributed by atoms with E-state index in [2.05, 4.69) is 19.6 Å². The van der Waals surface area contributed by atoms with Crippen LogP contribution in [0.15, 0.2) is 40.6 Å². The average Bonchev–Trinajstić information content (AvgIpc) is 3.21. The lowest BCUT2D eigenvalue weighted by Crippen LogP contribution is -2.41. The fraction of sp³-hybridized carbons (Fsp3) is 0.412. The number of nitrogens with zero attached hydrogens (tertiary/aromatic N) is 6. The van der Waals surface area contributed by atoms with E-state index in [4.69, 9.17) is 0 Å². The Morgan fingerprint density at radius 2 is 1.65 bits per heavy atom. The summed E-state index contributed by atoms with van der Waals surface area (Å²) >= 11 is 1.08. The maximum absolute atomic E-state index is 12.5. The first-order valence-corrected chi connectivity index (χ1v) is 9.35. The standard InChI is InChI=1S/C17H20N6O2S/c1-3-10-22-15(24)13(16(25)23(22)11-4-2)19-20-17-18-14(21-26-17)12-8-6-5-7-9-12/h5-9,13H,3-4,10-11H2,1-2H3. The molecule has 0 saturated carbocycles. The summed E-state index contributed by atoms with van der Waals surface area (Å²) in [5.41, 5.74) is 0.876. The minimum atomic E-state index is -1.13. The second kappa shape index (κ2) is 8.13. The van der Waals surface area contributed by atoms with Crippen LogP contribution in [0.1, 0.15) is 26.7 Å². The van der Waals surface area contributed by atoms with Crippen molar-refractivity contribution in [3.63, 3.8) is 0 Å². The number of carbonyl (C=O) groups is 2. The summed E-state index contributed by atoms with van der Waals surface area (Å²) in [6.45, 7) is 4.91. The number of carbonyl (C=O) groups excluding carboxylic acids is 2. The molecular formula is C17H20N6O2S. The maximum Gasteiger partial charge on any atom is 0.277 e. The highest BCUT2D eigenvalue weighted by atomic mass is 32.1. The molecule has 136 valence electrons. The lowest BCUT2D eigenvalue weighted by atomic mass is 10.2. The molecular weight excluding hydrogens is 352 g/mol. The first kappa shape index (κ1) is 18.1. The fourth-order valence-electron chi connectivity index (χ4n) is 2.68. The molecule has 26 heavy (non-hydrogen) atoms. The van der Waals surface area contributed by atoms with Crippen molar-refractivity contribution in [3.05, 3.63) is 30.3 Å². The third-order valence-corrected chi connectivity index (χ3v) is 4.45. The molecule has 1 fully saturated rings. The van der Waals surface area contributed by atoms with Crippen LogP contribution in [-0.2, 0) is 9.59 Å². The van der Waals surface area contributed by atoms with Gasteiger partial charge in [0.05, 0.1) is 0 Å². The van der Waals surface area contributed by atoms with Crippen molar-refractivity contribution in [2.75, 3.05) is 13.1 Å². The Morgan fingerprint density at radius 3 is 2.23 bits per heavy atom. The topological polar surface area (TPSA) is 91.1 Å².